The van der Waals surface area contributed by atoms with Gasteiger partial charge in [-0.25, -0.2) is 0 Å². The highest BCUT2D eigenvalue weighted by Gasteiger charge is 2.23. The maximum atomic E-state index is 12.4. The van der Waals surface area contributed by atoms with Crippen molar-refractivity contribution in [2.24, 2.45) is 5.92 Å². The summed E-state index contributed by atoms with van der Waals surface area (Å²) in [5.41, 5.74) is 3.62. The van der Waals surface area contributed by atoms with Crippen molar-refractivity contribution in [3.05, 3.63) is 52.5 Å². The minimum Gasteiger partial charge on any atom is -0.466 e. The van der Waals surface area contributed by atoms with Gasteiger partial charge in [-0.3, -0.25) is 9.59 Å². The molecule has 0 atom stereocenters. The highest BCUT2D eigenvalue weighted by Crippen LogP contribution is 2.24. The third kappa shape index (κ3) is 3.60. The maximum absolute atomic E-state index is 12.4. The standard InChI is InChI=1S/C20H24N2O3/c1-12(2)20(24)22-8-7-15-5-6-17(10-16(15)11-22)21-19(23)18-9-13(3)25-14(18)4/h5-6,9-10,12H,7-8,11H2,1-4H3,(H,21,23). The first-order valence-corrected chi connectivity index (χ1v) is 8.64. The fraction of sp³-hybridized carbons (Fsp3) is 0.400. The van der Waals surface area contributed by atoms with Gasteiger partial charge in [0, 0.05) is 24.7 Å². The van der Waals surface area contributed by atoms with Crippen LogP contribution in [0.5, 0.6) is 0 Å². The monoisotopic (exact) mass is 340 g/mol. The lowest BCUT2D eigenvalue weighted by atomic mass is 9.98. The SMILES string of the molecule is Cc1cc(C(=O)Nc2ccc3c(c2)CN(C(=O)C(C)C)CC3)c(C)o1. The molecule has 1 N–H and O–H groups in total. The Bertz CT molecular complexity index is 820. The number of hydrogen-bond donors (Lipinski definition) is 1. The number of anilines is 1. The fourth-order valence-electron chi connectivity index (χ4n) is 3.24. The van der Waals surface area contributed by atoms with Crippen LogP contribution in [0.2, 0.25) is 0 Å². The Labute approximate surface area is 148 Å². The fourth-order valence-corrected chi connectivity index (χ4v) is 3.24. The molecule has 0 aliphatic carbocycles. The summed E-state index contributed by atoms with van der Waals surface area (Å²) in [5.74, 6) is 1.32. The third-order valence-corrected chi connectivity index (χ3v) is 4.57. The quantitative estimate of drug-likeness (QED) is 0.927. The highest BCUT2D eigenvalue weighted by atomic mass is 16.3. The molecule has 0 fully saturated rings. The number of hydrogen-bond acceptors (Lipinski definition) is 3. The molecule has 2 heterocycles. The zero-order chi connectivity index (χ0) is 18.1. The molecule has 0 radical (unpaired) electrons. The molecule has 3 rings (SSSR count). The molecule has 0 unspecified atom stereocenters. The topological polar surface area (TPSA) is 62.6 Å². The molecule has 0 bridgehead atoms. The first kappa shape index (κ1) is 17.3. The van der Waals surface area contributed by atoms with Gasteiger partial charge in [-0.1, -0.05) is 19.9 Å². The number of carbonyl (C=O) groups is 2. The van der Waals surface area contributed by atoms with Crippen LogP contribution in [-0.4, -0.2) is 23.3 Å². The summed E-state index contributed by atoms with van der Waals surface area (Å²) in [5, 5.41) is 2.93. The molecule has 0 saturated heterocycles. The Kier molecular flexibility index (Phi) is 4.66. The summed E-state index contributed by atoms with van der Waals surface area (Å²) in [7, 11) is 0. The van der Waals surface area contributed by atoms with Crippen molar-refractivity contribution in [3.63, 3.8) is 0 Å². The zero-order valence-electron chi connectivity index (χ0n) is 15.2. The van der Waals surface area contributed by atoms with Gasteiger partial charge in [0.1, 0.15) is 11.5 Å². The summed E-state index contributed by atoms with van der Waals surface area (Å²) < 4.78 is 5.42. The van der Waals surface area contributed by atoms with Crippen molar-refractivity contribution < 1.29 is 14.0 Å². The van der Waals surface area contributed by atoms with E-state index in [2.05, 4.69) is 5.32 Å². The second-order valence-electron chi connectivity index (χ2n) is 6.93. The van der Waals surface area contributed by atoms with Crippen molar-refractivity contribution in [1.29, 1.82) is 0 Å². The third-order valence-electron chi connectivity index (χ3n) is 4.57. The van der Waals surface area contributed by atoms with Crippen LogP contribution in [-0.2, 0) is 17.8 Å². The number of benzene rings is 1. The van der Waals surface area contributed by atoms with Crippen LogP contribution in [0.25, 0.3) is 0 Å². The number of amides is 2. The number of nitrogens with zero attached hydrogens (tertiary/aromatic N) is 1. The molecule has 5 nitrogen and oxygen atoms in total. The van der Waals surface area contributed by atoms with E-state index in [-0.39, 0.29) is 17.7 Å². The van der Waals surface area contributed by atoms with Gasteiger partial charge in [0.05, 0.1) is 5.56 Å². The smallest absolute Gasteiger partial charge is 0.259 e. The lowest BCUT2D eigenvalue weighted by Crippen LogP contribution is -2.38. The Balaban J connectivity index is 1.77. The number of nitrogens with one attached hydrogen (secondary N) is 1. The van der Waals surface area contributed by atoms with E-state index in [1.54, 1.807) is 13.0 Å². The zero-order valence-corrected chi connectivity index (χ0v) is 15.2. The summed E-state index contributed by atoms with van der Waals surface area (Å²) in [6.07, 6.45) is 0.849. The Morgan fingerprint density at radius 1 is 1.16 bits per heavy atom. The van der Waals surface area contributed by atoms with Gasteiger partial charge in [-0.15, -0.1) is 0 Å². The van der Waals surface area contributed by atoms with Crippen LogP contribution in [0, 0.1) is 19.8 Å². The van der Waals surface area contributed by atoms with Gasteiger partial charge in [-0.2, -0.15) is 0 Å². The maximum Gasteiger partial charge on any atom is 0.259 e. The minimum atomic E-state index is -0.180. The van der Waals surface area contributed by atoms with Crippen molar-refractivity contribution in [1.82, 2.24) is 4.90 Å². The second kappa shape index (κ2) is 6.75. The van der Waals surface area contributed by atoms with Crippen LogP contribution >= 0.6 is 0 Å². The second-order valence-corrected chi connectivity index (χ2v) is 6.93. The molecule has 2 amide bonds. The molecule has 25 heavy (non-hydrogen) atoms. The lowest BCUT2D eigenvalue weighted by Gasteiger charge is -2.30. The van der Waals surface area contributed by atoms with Crippen LogP contribution in [0.1, 0.15) is 46.9 Å². The Morgan fingerprint density at radius 3 is 2.56 bits per heavy atom. The van der Waals surface area contributed by atoms with E-state index in [9.17, 15) is 9.59 Å². The normalized spacial score (nSPS) is 13.7. The molecule has 132 valence electrons. The predicted octanol–water partition coefficient (Wildman–Crippen LogP) is 3.69. The summed E-state index contributed by atoms with van der Waals surface area (Å²) in [6.45, 7) is 8.80. The summed E-state index contributed by atoms with van der Waals surface area (Å²) in [6, 6.07) is 7.66. The average molecular weight is 340 g/mol. The molecule has 0 saturated carbocycles. The van der Waals surface area contributed by atoms with Gasteiger partial charge in [0.15, 0.2) is 0 Å². The van der Waals surface area contributed by atoms with Crippen molar-refractivity contribution in [2.75, 3.05) is 11.9 Å². The van der Waals surface area contributed by atoms with Crippen LogP contribution < -0.4 is 5.32 Å². The van der Waals surface area contributed by atoms with Gasteiger partial charge >= 0.3 is 0 Å². The first-order chi connectivity index (χ1) is 11.8. The van der Waals surface area contributed by atoms with Gasteiger partial charge < -0.3 is 14.6 Å². The van der Waals surface area contributed by atoms with E-state index >= 15 is 0 Å². The van der Waals surface area contributed by atoms with Crippen molar-refractivity contribution in [2.45, 2.75) is 40.7 Å². The number of furan rings is 1. The number of carbonyl (C=O) groups excluding carboxylic acids is 2. The van der Waals surface area contributed by atoms with Crippen LogP contribution in [0.3, 0.4) is 0 Å². The predicted molar refractivity (Wildman–Crippen MR) is 96.5 cm³/mol. The van der Waals surface area contributed by atoms with Crippen molar-refractivity contribution in [3.8, 4) is 0 Å². The summed E-state index contributed by atoms with van der Waals surface area (Å²) >= 11 is 0. The molecule has 1 aromatic heterocycles. The van der Waals surface area contributed by atoms with E-state index in [4.69, 9.17) is 4.42 Å². The van der Waals surface area contributed by atoms with Gasteiger partial charge in [-0.05, 0) is 49.6 Å². The molecule has 0 spiro atoms. The van der Waals surface area contributed by atoms with Crippen LogP contribution in [0.4, 0.5) is 5.69 Å². The average Bonchev–Trinajstić information content (AvgIpc) is 2.92. The van der Waals surface area contributed by atoms with Gasteiger partial charge in [0.25, 0.3) is 5.91 Å². The minimum absolute atomic E-state index is 0.00302. The van der Waals surface area contributed by atoms with E-state index in [1.807, 2.05) is 43.9 Å². The van der Waals surface area contributed by atoms with E-state index in [1.165, 1.54) is 5.56 Å². The van der Waals surface area contributed by atoms with Gasteiger partial charge in [0.2, 0.25) is 5.91 Å². The number of fused-ring (bicyclic) bond motifs is 1. The largest absolute Gasteiger partial charge is 0.466 e. The molecule has 1 aliphatic rings. The van der Waals surface area contributed by atoms with Crippen molar-refractivity contribution >= 4 is 17.5 Å². The Hall–Kier alpha value is -2.56. The molecule has 2 aromatic rings. The number of aryl methyl sites for hydroxylation is 2. The highest BCUT2D eigenvalue weighted by molar-refractivity contribution is 6.05. The lowest BCUT2D eigenvalue weighted by molar-refractivity contribution is -0.135. The Morgan fingerprint density at radius 2 is 1.92 bits per heavy atom. The summed E-state index contributed by atoms with van der Waals surface area (Å²) in [4.78, 5) is 26.6. The van der Waals surface area contributed by atoms with E-state index in [0.29, 0.717) is 17.9 Å². The first-order valence-electron chi connectivity index (χ1n) is 8.64. The van der Waals surface area contributed by atoms with E-state index < -0.39 is 0 Å². The van der Waals surface area contributed by atoms with Crippen LogP contribution in [0.15, 0.2) is 28.7 Å². The molecule has 1 aliphatic heterocycles. The molecular formula is C20H24N2O3. The molecule has 5 heteroatoms. The molecular weight excluding hydrogens is 316 g/mol. The molecule has 1 aromatic carbocycles. The van der Waals surface area contributed by atoms with E-state index in [0.717, 1.165) is 30.0 Å². The number of rotatable bonds is 3.